The lowest BCUT2D eigenvalue weighted by Crippen LogP contribution is -2.36. The Hall–Kier alpha value is -1.59. The number of carbonyl (C=O) groups excluding carboxylic acids is 2. The van der Waals surface area contributed by atoms with E-state index in [0.717, 1.165) is 0 Å². The molecule has 1 N–H and O–H groups in total. The molecule has 6 heteroatoms. The van der Waals surface area contributed by atoms with Crippen LogP contribution in [0.3, 0.4) is 0 Å². The predicted octanol–water partition coefficient (Wildman–Crippen LogP) is 0.855. The first-order chi connectivity index (χ1) is 7.22. The minimum Gasteiger partial charge on any atom is -0.465 e. The second-order valence-electron chi connectivity index (χ2n) is 4.65. The molecule has 1 aliphatic heterocycles. The van der Waals surface area contributed by atoms with Gasteiger partial charge in [-0.1, -0.05) is 0 Å². The number of hydrogen-bond acceptors (Lipinski definition) is 4. The highest BCUT2D eigenvalue weighted by Crippen LogP contribution is 2.22. The van der Waals surface area contributed by atoms with Gasteiger partial charge in [-0.2, -0.15) is 0 Å². The SMILES string of the molecule is CC(C)(C)OC(=O)C1CCN(C(=O)O)C1=O. The molecule has 1 aliphatic rings. The molecule has 1 fully saturated rings. The lowest BCUT2D eigenvalue weighted by Gasteiger charge is -2.21. The van der Waals surface area contributed by atoms with Crippen molar-refractivity contribution in [2.45, 2.75) is 32.8 Å². The summed E-state index contributed by atoms with van der Waals surface area (Å²) in [5.41, 5.74) is -0.673. The van der Waals surface area contributed by atoms with Crippen molar-refractivity contribution in [3.05, 3.63) is 0 Å². The third-order valence-electron chi connectivity index (χ3n) is 2.13. The van der Waals surface area contributed by atoms with Crippen molar-refractivity contribution < 1.29 is 24.2 Å². The topological polar surface area (TPSA) is 83.9 Å². The second-order valence-corrected chi connectivity index (χ2v) is 4.65. The Morgan fingerprint density at radius 1 is 1.44 bits per heavy atom. The fourth-order valence-corrected chi connectivity index (χ4v) is 1.46. The lowest BCUT2D eigenvalue weighted by atomic mass is 10.1. The highest BCUT2D eigenvalue weighted by atomic mass is 16.6. The van der Waals surface area contributed by atoms with Crippen LogP contribution in [0.5, 0.6) is 0 Å². The Morgan fingerprint density at radius 2 is 2.00 bits per heavy atom. The van der Waals surface area contributed by atoms with Crippen molar-refractivity contribution in [2.75, 3.05) is 6.54 Å². The normalized spacial score (nSPS) is 21.1. The third-order valence-corrected chi connectivity index (χ3v) is 2.13. The van der Waals surface area contributed by atoms with Crippen LogP contribution in [-0.2, 0) is 14.3 Å². The first-order valence-corrected chi connectivity index (χ1v) is 4.99. The lowest BCUT2D eigenvalue weighted by molar-refractivity contribution is -0.162. The van der Waals surface area contributed by atoms with Crippen LogP contribution in [0.2, 0.25) is 0 Å². The molecule has 2 amide bonds. The van der Waals surface area contributed by atoms with E-state index < -0.39 is 29.5 Å². The molecule has 0 aliphatic carbocycles. The summed E-state index contributed by atoms with van der Waals surface area (Å²) < 4.78 is 5.04. The highest BCUT2D eigenvalue weighted by Gasteiger charge is 2.42. The summed E-state index contributed by atoms with van der Waals surface area (Å²) in [5.74, 6) is -2.32. The molecule has 0 saturated carbocycles. The fourth-order valence-electron chi connectivity index (χ4n) is 1.46. The zero-order chi connectivity index (χ0) is 12.5. The summed E-state index contributed by atoms with van der Waals surface area (Å²) in [6.45, 7) is 5.13. The third kappa shape index (κ3) is 2.71. The Bertz CT molecular complexity index is 331. The van der Waals surface area contributed by atoms with Gasteiger partial charge >= 0.3 is 12.1 Å². The van der Waals surface area contributed by atoms with E-state index in [4.69, 9.17) is 9.84 Å². The summed E-state index contributed by atoms with van der Waals surface area (Å²) in [6, 6.07) is 0. The largest absolute Gasteiger partial charge is 0.465 e. The number of likely N-dealkylation sites (tertiary alicyclic amines) is 1. The van der Waals surface area contributed by atoms with Crippen LogP contribution in [0.1, 0.15) is 27.2 Å². The van der Waals surface area contributed by atoms with Gasteiger partial charge in [0.2, 0.25) is 5.91 Å². The van der Waals surface area contributed by atoms with Crippen LogP contribution in [0.4, 0.5) is 4.79 Å². The maximum Gasteiger partial charge on any atom is 0.414 e. The molecule has 0 aromatic rings. The summed E-state index contributed by atoms with van der Waals surface area (Å²) >= 11 is 0. The van der Waals surface area contributed by atoms with Gasteiger partial charge in [-0.15, -0.1) is 0 Å². The number of esters is 1. The van der Waals surface area contributed by atoms with Crippen molar-refractivity contribution in [3.63, 3.8) is 0 Å². The van der Waals surface area contributed by atoms with Gasteiger partial charge in [0, 0.05) is 6.54 Å². The van der Waals surface area contributed by atoms with Gasteiger partial charge < -0.3 is 9.84 Å². The van der Waals surface area contributed by atoms with Crippen molar-refractivity contribution in [1.29, 1.82) is 0 Å². The molecular formula is C10H15NO5. The first kappa shape index (κ1) is 12.5. The van der Waals surface area contributed by atoms with Crippen LogP contribution in [0, 0.1) is 5.92 Å². The average Bonchev–Trinajstić information content (AvgIpc) is 2.43. The van der Waals surface area contributed by atoms with Gasteiger partial charge in [0.05, 0.1) is 0 Å². The molecule has 1 rings (SSSR count). The molecule has 0 bridgehead atoms. The molecular weight excluding hydrogens is 214 g/mol. The molecule has 0 spiro atoms. The smallest absolute Gasteiger partial charge is 0.414 e. The Labute approximate surface area is 93.2 Å². The molecule has 0 aromatic carbocycles. The number of carboxylic acid groups (broad SMARTS) is 1. The zero-order valence-corrected chi connectivity index (χ0v) is 9.52. The standard InChI is InChI=1S/C10H15NO5/c1-10(2,3)16-8(13)6-4-5-11(7(6)12)9(14)15/h6H,4-5H2,1-3H3,(H,14,15). The number of nitrogens with zero attached hydrogens (tertiary/aromatic N) is 1. The van der Waals surface area contributed by atoms with Gasteiger partial charge in [0.15, 0.2) is 0 Å². The number of carbonyl (C=O) groups is 3. The molecule has 1 saturated heterocycles. The van der Waals surface area contributed by atoms with E-state index in [0.29, 0.717) is 4.90 Å². The minimum atomic E-state index is -1.32. The van der Waals surface area contributed by atoms with Crippen molar-refractivity contribution in [1.82, 2.24) is 4.90 Å². The van der Waals surface area contributed by atoms with Crippen LogP contribution >= 0.6 is 0 Å². The molecule has 1 heterocycles. The van der Waals surface area contributed by atoms with Gasteiger partial charge in [-0.25, -0.2) is 9.69 Å². The minimum absolute atomic E-state index is 0.0536. The van der Waals surface area contributed by atoms with Crippen molar-refractivity contribution in [2.24, 2.45) is 5.92 Å². The van der Waals surface area contributed by atoms with E-state index in [1.807, 2.05) is 0 Å². The van der Waals surface area contributed by atoms with E-state index in [9.17, 15) is 14.4 Å². The summed E-state index contributed by atoms with van der Waals surface area (Å²) in [7, 11) is 0. The Balaban J connectivity index is 2.67. The van der Waals surface area contributed by atoms with Crippen molar-refractivity contribution >= 4 is 18.0 Å². The number of hydrogen-bond donors (Lipinski definition) is 1. The summed E-state index contributed by atoms with van der Waals surface area (Å²) in [4.78, 5) is 34.4. The maximum atomic E-state index is 11.6. The van der Waals surface area contributed by atoms with Crippen LogP contribution in [-0.4, -0.2) is 40.1 Å². The van der Waals surface area contributed by atoms with E-state index in [2.05, 4.69) is 0 Å². The second kappa shape index (κ2) is 4.11. The Morgan fingerprint density at radius 3 is 2.38 bits per heavy atom. The van der Waals surface area contributed by atoms with E-state index in [1.165, 1.54) is 0 Å². The molecule has 90 valence electrons. The molecule has 0 radical (unpaired) electrons. The van der Waals surface area contributed by atoms with Crippen LogP contribution < -0.4 is 0 Å². The average molecular weight is 229 g/mol. The number of ether oxygens (including phenoxy) is 1. The molecule has 1 atom stereocenters. The first-order valence-electron chi connectivity index (χ1n) is 4.99. The predicted molar refractivity (Wildman–Crippen MR) is 53.7 cm³/mol. The quantitative estimate of drug-likeness (QED) is 0.532. The summed E-state index contributed by atoms with van der Waals surface area (Å²) in [6.07, 6.45) is -1.13. The van der Waals surface area contributed by atoms with Crippen LogP contribution in [0.25, 0.3) is 0 Å². The monoisotopic (exact) mass is 229 g/mol. The number of imide groups is 1. The summed E-state index contributed by atoms with van der Waals surface area (Å²) in [5, 5.41) is 8.67. The van der Waals surface area contributed by atoms with E-state index in [1.54, 1.807) is 20.8 Å². The molecule has 16 heavy (non-hydrogen) atoms. The van der Waals surface area contributed by atoms with E-state index in [-0.39, 0.29) is 13.0 Å². The van der Waals surface area contributed by atoms with Gasteiger partial charge in [0.25, 0.3) is 0 Å². The van der Waals surface area contributed by atoms with E-state index >= 15 is 0 Å². The van der Waals surface area contributed by atoms with Gasteiger partial charge in [-0.3, -0.25) is 9.59 Å². The fraction of sp³-hybridized carbons (Fsp3) is 0.700. The molecule has 0 aromatic heterocycles. The highest BCUT2D eigenvalue weighted by molar-refractivity contribution is 6.05. The molecule has 6 nitrogen and oxygen atoms in total. The van der Waals surface area contributed by atoms with Crippen molar-refractivity contribution in [3.8, 4) is 0 Å². The number of rotatable bonds is 1. The molecule has 1 unspecified atom stereocenters. The van der Waals surface area contributed by atoms with Crippen LogP contribution in [0.15, 0.2) is 0 Å². The maximum absolute atomic E-state index is 11.6. The zero-order valence-electron chi connectivity index (χ0n) is 9.52. The van der Waals surface area contributed by atoms with Gasteiger partial charge in [0.1, 0.15) is 11.5 Å². The van der Waals surface area contributed by atoms with Gasteiger partial charge in [-0.05, 0) is 27.2 Å². The Kier molecular flexibility index (Phi) is 3.21. The number of amides is 2.